The number of hydroxylamine groups is 2. The lowest BCUT2D eigenvalue weighted by atomic mass is 9.98. The Kier molecular flexibility index (Phi) is 3.30. The third kappa shape index (κ3) is 2.36. The van der Waals surface area contributed by atoms with Crippen LogP contribution in [0, 0.1) is 0 Å². The lowest BCUT2D eigenvalue weighted by Crippen LogP contribution is -2.30. The first-order valence-corrected chi connectivity index (χ1v) is 7.47. The summed E-state index contributed by atoms with van der Waals surface area (Å²) in [6.07, 6.45) is 5.76. The minimum Gasteiger partial charge on any atom is -0.351 e. The standard InChI is InChI=1S/C15H16N6O2/c1-16-15(22)23-21-5-3-9(8-21)13-12-10(7-19-20-13)6-18-14-11(12)2-4-17-14/h2,4,6-7,9,20H,3,5,8H2,1H3,(H,16,22). The molecule has 1 saturated heterocycles. The van der Waals surface area contributed by atoms with Crippen LogP contribution >= 0.6 is 0 Å². The molecule has 118 valence electrons. The maximum absolute atomic E-state index is 11.4. The number of aromatic nitrogens is 4. The van der Waals surface area contributed by atoms with Crippen molar-refractivity contribution in [2.45, 2.75) is 12.3 Å². The SMILES string of the molecule is CNC(=O)ON1CCC(c2[nH]ncc3cnc4nccc4c23)C1. The van der Waals surface area contributed by atoms with Crippen molar-refractivity contribution in [3.05, 3.63) is 30.4 Å². The van der Waals surface area contributed by atoms with Gasteiger partial charge in [-0.3, -0.25) is 5.10 Å². The fourth-order valence-electron chi connectivity index (χ4n) is 3.11. The second-order valence-electron chi connectivity index (χ2n) is 5.56. The number of fused-ring (bicyclic) bond motifs is 3. The van der Waals surface area contributed by atoms with Gasteiger partial charge in [-0.05, 0) is 12.5 Å². The van der Waals surface area contributed by atoms with Gasteiger partial charge in [0.15, 0.2) is 5.65 Å². The Balaban J connectivity index is 1.72. The first-order valence-electron chi connectivity index (χ1n) is 7.47. The first-order chi connectivity index (χ1) is 11.3. The van der Waals surface area contributed by atoms with Crippen molar-refractivity contribution in [2.75, 3.05) is 20.1 Å². The van der Waals surface area contributed by atoms with E-state index in [9.17, 15) is 4.79 Å². The number of H-pyrrole nitrogens is 1. The fraction of sp³-hybridized carbons (Fsp3) is 0.333. The Labute approximate surface area is 131 Å². The second-order valence-corrected chi connectivity index (χ2v) is 5.56. The number of carbonyl (C=O) groups is 1. The van der Waals surface area contributed by atoms with Gasteiger partial charge in [-0.25, -0.2) is 14.8 Å². The van der Waals surface area contributed by atoms with Crippen molar-refractivity contribution < 1.29 is 9.63 Å². The molecule has 4 rings (SSSR count). The Hall–Kier alpha value is -2.74. The van der Waals surface area contributed by atoms with Crippen LogP contribution in [0.1, 0.15) is 18.0 Å². The lowest BCUT2D eigenvalue weighted by molar-refractivity contribution is -0.0807. The average molecular weight is 312 g/mol. The number of nitrogens with one attached hydrogen (secondary N) is 2. The van der Waals surface area contributed by atoms with E-state index in [0.29, 0.717) is 13.1 Å². The predicted octanol–water partition coefficient (Wildman–Crippen LogP) is 1.57. The number of nitrogens with zero attached hydrogens (tertiary/aromatic N) is 4. The zero-order valence-corrected chi connectivity index (χ0v) is 12.6. The van der Waals surface area contributed by atoms with Gasteiger partial charge in [0.1, 0.15) is 0 Å². The molecule has 0 aliphatic carbocycles. The summed E-state index contributed by atoms with van der Waals surface area (Å²) in [5.74, 6) is 0.205. The summed E-state index contributed by atoms with van der Waals surface area (Å²) >= 11 is 0. The van der Waals surface area contributed by atoms with Gasteiger partial charge in [-0.2, -0.15) is 5.10 Å². The second kappa shape index (κ2) is 5.47. The van der Waals surface area contributed by atoms with Gasteiger partial charge in [-0.1, -0.05) is 0 Å². The van der Waals surface area contributed by atoms with Crippen LogP contribution in [0.4, 0.5) is 4.79 Å². The maximum atomic E-state index is 11.4. The average Bonchev–Trinajstić information content (AvgIpc) is 3.23. The van der Waals surface area contributed by atoms with E-state index < -0.39 is 6.09 Å². The number of hydrogen-bond acceptors (Lipinski definition) is 6. The minimum atomic E-state index is -0.447. The molecule has 2 N–H and O–H groups in total. The molecule has 1 amide bonds. The molecule has 8 heteroatoms. The van der Waals surface area contributed by atoms with E-state index in [4.69, 9.17) is 4.84 Å². The van der Waals surface area contributed by atoms with Crippen LogP contribution in [0.2, 0.25) is 0 Å². The molecule has 0 radical (unpaired) electrons. The van der Waals surface area contributed by atoms with Crippen LogP contribution in [0.5, 0.6) is 0 Å². The van der Waals surface area contributed by atoms with E-state index >= 15 is 0 Å². The molecule has 8 nitrogen and oxygen atoms in total. The van der Waals surface area contributed by atoms with Gasteiger partial charge in [0.2, 0.25) is 0 Å². The molecule has 3 aromatic heterocycles. The zero-order chi connectivity index (χ0) is 15.8. The third-order valence-electron chi connectivity index (χ3n) is 4.20. The molecule has 1 unspecified atom stereocenters. The van der Waals surface area contributed by atoms with Crippen molar-refractivity contribution in [2.24, 2.45) is 0 Å². The van der Waals surface area contributed by atoms with Crippen LogP contribution in [0.3, 0.4) is 0 Å². The summed E-state index contributed by atoms with van der Waals surface area (Å²) in [4.78, 5) is 25.2. The molecule has 0 bridgehead atoms. The quantitative estimate of drug-likeness (QED) is 0.745. The molecule has 0 aromatic carbocycles. The molecule has 1 aliphatic heterocycles. The van der Waals surface area contributed by atoms with Crippen molar-refractivity contribution in [1.82, 2.24) is 30.5 Å². The van der Waals surface area contributed by atoms with Gasteiger partial charge in [0.05, 0.1) is 6.20 Å². The normalized spacial score (nSPS) is 18.6. The number of rotatable bonds is 2. The molecule has 1 fully saturated rings. The number of aromatic amines is 1. The van der Waals surface area contributed by atoms with Gasteiger partial charge in [0, 0.05) is 60.3 Å². The highest BCUT2D eigenvalue weighted by atomic mass is 16.7. The van der Waals surface area contributed by atoms with E-state index in [1.54, 1.807) is 30.7 Å². The Morgan fingerprint density at radius 2 is 2.35 bits per heavy atom. The summed E-state index contributed by atoms with van der Waals surface area (Å²) in [6.45, 7) is 1.32. The van der Waals surface area contributed by atoms with Gasteiger partial charge < -0.3 is 10.2 Å². The molecule has 0 spiro atoms. The van der Waals surface area contributed by atoms with Crippen molar-refractivity contribution in [1.29, 1.82) is 0 Å². The molecule has 1 aliphatic rings. The Bertz CT molecular complexity index is 877. The molecular weight excluding hydrogens is 296 g/mol. The number of hydrogen-bond donors (Lipinski definition) is 2. The molecule has 4 heterocycles. The van der Waals surface area contributed by atoms with Crippen LogP contribution in [0.15, 0.2) is 24.7 Å². The number of amides is 1. The molecule has 0 saturated carbocycles. The summed E-state index contributed by atoms with van der Waals surface area (Å²) in [5, 5.41) is 14.6. The highest BCUT2D eigenvalue weighted by molar-refractivity contribution is 6.05. The van der Waals surface area contributed by atoms with E-state index in [-0.39, 0.29) is 5.92 Å². The number of carbonyl (C=O) groups excluding carboxylic acids is 1. The summed E-state index contributed by atoms with van der Waals surface area (Å²) < 4.78 is 0. The van der Waals surface area contributed by atoms with Crippen molar-refractivity contribution in [3.8, 4) is 0 Å². The van der Waals surface area contributed by atoms with Crippen molar-refractivity contribution >= 4 is 27.9 Å². The third-order valence-corrected chi connectivity index (χ3v) is 4.20. The van der Waals surface area contributed by atoms with Crippen molar-refractivity contribution in [3.63, 3.8) is 0 Å². The maximum Gasteiger partial charge on any atom is 0.426 e. The summed E-state index contributed by atoms with van der Waals surface area (Å²) in [7, 11) is 1.55. The van der Waals surface area contributed by atoms with E-state index in [2.05, 4.69) is 25.5 Å². The first kappa shape index (κ1) is 13.9. The van der Waals surface area contributed by atoms with Crippen LogP contribution in [-0.2, 0) is 4.84 Å². The topological polar surface area (TPSA) is 96.0 Å². The molecule has 23 heavy (non-hydrogen) atoms. The number of pyridine rings is 1. The fourth-order valence-corrected chi connectivity index (χ4v) is 3.11. The van der Waals surface area contributed by atoms with Gasteiger partial charge in [-0.15, -0.1) is 5.06 Å². The zero-order valence-electron chi connectivity index (χ0n) is 12.6. The summed E-state index contributed by atoms with van der Waals surface area (Å²) in [5.41, 5.74) is 1.76. The van der Waals surface area contributed by atoms with Crippen LogP contribution in [0.25, 0.3) is 21.8 Å². The van der Waals surface area contributed by atoms with Gasteiger partial charge >= 0.3 is 6.09 Å². The highest BCUT2D eigenvalue weighted by Gasteiger charge is 2.29. The molecule has 3 aromatic rings. The van der Waals surface area contributed by atoms with Crippen LogP contribution < -0.4 is 5.32 Å². The minimum absolute atomic E-state index is 0.205. The smallest absolute Gasteiger partial charge is 0.351 e. The van der Waals surface area contributed by atoms with Crippen LogP contribution in [-0.4, -0.2) is 51.5 Å². The monoisotopic (exact) mass is 312 g/mol. The Morgan fingerprint density at radius 3 is 3.22 bits per heavy atom. The van der Waals surface area contributed by atoms with E-state index in [1.807, 2.05) is 6.07 Å². The highest BCUT2D eigenvalue weighted by Crippen LogP contribution is 2.33. The Morgan fingerprint density at radius 1 is 1.43 bits per heavy atom. The van der Waals surface area contributed by atoms with E-state index in [1.165, 1.54) is 0 Å². The van der Waals surface area contributed by atoms with E-state index in [0.717, 1.165) is 33.9 Å². The largest absolute Gasteiger partial charge is 0.426 e. The lowest BCUT2D eigenvalue weighted by Gasteiger charge is -2.16. The molecule has 1 atom stereocenters. The molecular formula is C15H16N6O2. The predicted molar refractivity (Wildman–Crippen MR) is 83.7 cm³/mol. The summed E-state index contributed by atoms with van der Waals surface area (Å²) in [6, 6.07) is 1.97. The van der Waals surface area contributed by atoms with Gasteiger partial charge in [0.25, 0.3) is 0 Å².